The van der Waals surface area contributed by atoms with Crippen molar-refractivity contribution in [3.63, 3.8) is 0 Å². The van der Waals surface area contributed by atoms with Gasteiger partial charge in [-0.25, -0.2) is 0 Å². The largest absolute Gasteiger partial charge is 0.490 e. The minimum Gasteiger partial charge on any atom is -0.490 e. The van der Waals surface area contributed by atoms with E-state index in [1.165, 1.54) is 0 Å². The van der Waals surface area contributed by atoms with Gasteiger partial charge in [-0.05, 0) is 56.9 Å². The van der Waals surface area contributed by atoms with Crippen LogP contribution in [-0.4, -0.2) is 18.8 Å². The zero-order valence-electron chi connectivity index (χ0n) is 10.8. The zero-order chi connectivity index (χ0) is 12.4. The molecule has 0 radical (unpaired) electrons. The Bertz CT molecular complexity index is 380. The lowest BCUT2D eigenvalue weighted by Gasteiger charge is -2.16. The summed E-state index contributed by atoms with van der Waals surface area (Å²) in [4.78, 5) is 0. The molecule has 1 aromatic carbocycles. The average Bonchev–Trinajstić information content (AvgIpc) is 2.62. The van der Waals surface area contributed by atoms with Crippen LogP contribution in [0.5, 0.6) is 5.75 Å². The quantitative estimate of drug-likeness (QED) is 0.819. The molecule has 2 N–H and O–H groups in total. The number of hydrogen-bond donors (Lipinski definition) is 1. The zero-order valence-corrected chi connectivity index (χ0v) is 10.8. The fraction of sp³-hybridized carbons (Fsp3) is 0.571. The van der Waals surface area contributed by atoms with Gasteiger partial charge in [0.25, 0.3) is 0 Å². The molecule has 0 aromatic heterocycles. The molecule has 0 saturated carbocycles. The summed E-state index contributed by atoms with van der Waals surface area (Å²) in [5.74, 6) is 0.947. The van der Waals surface area contributed by atoms with Gasteiger partial charge in [0.05, 0.1) is 12.2 Å². The first-order chi connectivity index (χ1) is 8.06. The van der Waals surface area contributed by atoms with Crippen LogP contribution >= 0.6 is 0 Å². The van der Waals surface area contributed by atoms with Crippen LogP contribution in [-0.2, 0) is 4.74 Å². The number of nitrogen functional groups attached to an aromatic ring is 1. The first-order valence-electron chi connectivity index (χ1n) is 6.21. The van der Waals surface area contributed by atoms with E-state index in [2.05, 4.69) is 6.92 Å². The second kappa shape index (κ2) is 4.96. The maximum absolute atomic E-state index is 5.87. The van der Waals surface area contributed by atoms with E-state index in [-0.39, 0.29) is 6.10 Å². The molecule has 0 bridgehead atoms. The predicted octanol–water partition coefficient (Wildman–Crippen LogP) is 2.83. The van der Waals surface area contributed by atoms with Gasteiger partial charge in [0.15, 0.2) is 0 Å². The molecular formula is C14H21NO2. The van der Waals surface area contributed by atoms with Gasteiger partial charge in [-0.1, -0.05) is 0 Å². The van der Waals surface area contributed by atoms with Crippen molar-refractivity contribution in [2.45, 2.75) is 45.8 Å². The van der Waals surface area contributed by atoms with E-state index < -0.39 is 0 Å². The molecule has 3 heteroatoms. The van der Waals surface area contributed by atoms with E-state index in [1.54, 1.807) is 0 Å². The van der Waals surface area contributed by atoms with Crippen LogP contribution < -0.4 is 10.5 Å². The summed E-state index contributed by atoms with van der Waals surface area (Å²) < 4.78 is 11.6. The SMILES string of the molecule is Cc1cc(N)cc(C)c1OCC1CCC(C)O1. The lowest BCUT2D eigenvalue weighted by molar-refractivity contribution is 0.0262. The van der Waals surface area contributed by atoms with Crippen LogP contribution in [0.1, 0.15) is 30.9 Å². The molecule has 1 aliphatic heterocycles. The van der Waals surface area contributed by atoms with Crippen LogP contribution in [0.2, 0.25) is 0 Å². The Balaban J connectivity index is 1.99. The monoisotopic (exact) mass is 235 g/mol. The Morgan fingerprint density at radius 1 is 1.29 bits per heavy atom. The van der Waals surface area contributed by atoms with Crippen LogP contribution in [0.15, 0.2) is 12.1 Å². The molecule has 3 nitrogen and oxygen atoms in total. The summed E-state index contributed by atoms with van der Waals surface area (Å²) in [7, 11) is 0. The van der Waals surface area contributed by atoms with E-state index in [4.69, 9.17) is 15.2 Å². The normalized spacial score (nSPS) is 23.9. The van der Waals surface area contributed by atoms with E-state index in [9.17, 15) is 0 Å². The van der Waals surface area contributed by atoms with Gasteiger partial charge in [0.1, 0.15) is 12.4 Å². The Kier molecular flexibility index (Phi) is 3.57. The van der Waals surface area contributed by atoms with Crippen molar-refractivity contribution >= 4 is 5.69 Å². The highest BCUT2D eigenvalue weighted by Crippen LogP contribution is 2.27. The van der Waals surface area contributed by atoms with Gasteiger partial charge >= 0.3 is 0 Å². The van der Waals surface area contributed by atoms with E-state index in [0.717, 1.165) is 35.4 Å². The topological polar surface area (TPSA) is 44.5 Å². The second-order valence-corrected chi connectivity index (χ2v) is 4.94. The molecule has 0 aliphatic carbocycles. The summed E-state index contributed by atoms with van der Waals surface area (Å²) in [6, 6.07) is 3.89. The minimum atomic E-state index is 0.237. The van der Waals surface area contributed by atoms with Crippen LogP contribution in [0.25, 0.3) is 0 Å². The summed E-state index contributed by atoms with van der Waals surface area (Å²) in [6.45, 7) is 6.79. The minimum absolute atomic E-state index is 0.237. The first kappa shape index (κ1) is 12.2. The highest BCUT2D eigenvalue weighted by molar-refractivity contribution is 5.52. The summed E-state index contributed by atoms with van der Waals surface area (Å²) in [5, 5.41) is 0. The van der Waals surface area contributed by atoms with Gasteiger partial charge in [0.2, 0.25) is 0 Å². The van der Waals surface area contributed by atoms with Crippen LogP contribution in [0.4, 0.5) is 5.69 Å². The second-order valence-electron chi connectivity index (χ2n) is 4.94. The van der Waals surface area contributed by atoms with Crippen molar-refractivity contribution < 1.29 is 9.47 Å². The number of anilines is 1. The molecule has 1 saturated heterocycles. The average molecular weight is 235 g/mol. The van der Waals surface area contributed by atoms with Crippen molar-refractivity contribution in [2.24, 2.45) is 0 Å². The van der Waals surface area contributed by atoms with Crippen molar-refractivity contribution in [3.05, 3.63) is 23.3 Å². The van der Waals surface area contributed by atoms with E-state index in [0.29, 0.717) is 12.7 Å². The number of nitrogens with two attached hydrogens (primary N) is 1. The fourth-order valence-corrected chi connectivity index (χ4v) is 2.40. The van der Waals surface area contributed by atoms with Crippen LogP contribution in [0.3, 0.4) is 0 Å². The van der Waals surface area contributed by atoms with Gasteiger partial charge < -0.3 is 15.2 Å². The molecule has 0 amide bonds. The predicted molar refractivity (Wildman–Crippen MR) is 69.4 cm³/mol. The fourth-order valence-electron chi connectivity index (χ4n) is 2.40. The van der Waals surface area contributed by atoms with Gasteiger partial charge in [-0.2, -0.15) is 0 Å². The Hall–Kier alpha value is -1.22. The molecule has 2 unspecified atom stereocenters. The smallest absolute Gasteiger partial charge is 0.125 e. The highest BCUT2D eigenvalue weighted by Gasteiger charge is 2.22. The number of ether oxygens (including phenoxy) is 2. The van der Waals surface area contributed by atoms with Gasteiger partial charge in [0, 0.05) is 5.69 Å². The molecule has 0 spiro atoms. The molecule has 94 valence electrons. The first-order valence-corrected chi connectivity index (χ1v) is 6.21. The highest BCUT2D eigenvalue weighted by atomic mass is 16.5. The number of aryl methyl sites for hydroxylation is 2. The Morgan fingerprint density at radius 3 is 2.47 bits per heavy atom. The van der Waals surface area contributed by atoms with Gasteiger partial charge in [-0.15, -0.1) is 0 Å². The van der Waals surface area contributed by atoms with Gasteiger partial charge in [-0.3, -0.25) is 0 Å². The number of benzene rings is 1. The van der Waals surface area contributed by atoms with Crippen molar-refractivity contribution in [2.75, 3.05) is 12.3 Å². The van der Waals surface area contributed by atoms with Crippen molar-refractivity contribution in [1.29, 1.82) is 0 Å². The maximum atomic E-state index is 5.87. The molecule has 1 aromatic rings. The molecule has 1 fully saturated rings. The lowest BCUT2D eigenvalue weighted by atomic mass is 10.1. The number of hydrogen-bond acceptors (Lipinski definition) is 3. The lowest BCUT2D eigenvalue weighted by Crippen LogP contribution is -2.18. The molecule has 1 heterocycles. The Morgan fingerprint density at radius 2 is 1.94 bits per heavy atom. The van der Waals surface area contributed by atoms with Crippen molar-refractivity contribution in [3.8, 4) is 5.75 Å². The third-order valence-electron chi connectivity index (χ3n) is 3.22. The maximum Gasteiger partial charge on any atom is 0.125 e. The standard InChI is InChI=1S/C14H21NO2/c1-9-6-12(15)7-10(2)14(9)16-8-13-5-4-11(3)17-13/h6-7,11,13H,4-5,8,15H2,1-3H3. The summed E-state index contributed by atoms with van der Waals surface area (Å²) in [6.07, 6.45) is 2.83. The summed E-state index contributed by atoms with van der Waals surface area (Å²) in [5.41, 5.74) is 8.76. The van der Waals surface area contributed by atoms with E-state index >= 15 is 0 Å². The molecular weight excluding hydrogens is 214 g/mol. The van der Waals surface area contributed by atoms with Crippen molar-refractivity contribution in [1.82, 2.24) is 0 Å². The third-order valence-corrected chi connectivity index (χ3v) is 3.22. The Labute approximate surface area is 103 Å². The molecule has 2 rings (SSSR count). The molecule has 1 aliphatic rings. The number of rotatable bonds is 3. The third kappa shape index (κ3) is 2.91. The van der Waals surface area contributed by atoms with E-state index in [1.807, 2.05) is 26.0 Å². The van der Waals surface area contributed by atoms with Crippen LogP contribution in [0, 0.1) is 13.8 Å². The molecule has 2 atom stereocenters. The summed E-state index contributed by atoms with van der Waals surface area (Å²) >= 11 is 0. The molecule has 17 heavy (non-hydrogen) atoms.